The summed E-state index contributed by atoms with van der Waals surface area (Å²) in [5, 5.41) is 10.7. The Balaban J connectivity index is 2.30. The highest BCUT2D eigenvalue weighted by molar-refractivity contribution is 5.37. The molecular formula is C19H24O. The Bertz CT molecular complexity index is 557. The predicted molar refractivity (Wildman–Crippen MR) is 84.9 cm³/mol. The summed E-state index contributed by atoms with van der Waals surface area (Å²) in [5.41, 5.74) is 4.53. The van der Waals surface area contributed by atoms with Crippen LogP contribution in [0.2, 0.25) is 0 Å². The average Bonchev–Trinajstić information content (AvgIpc) is 2.46. The maximum Gasteiger partial charge on any atom is 0.104 e. The number of benzene rings is 2. The molecule has 20 heavy (non-hydrogen) atoms. The Morgan fingerprint density at radius 1 is 1.00 bits per heavy atom. The van der Waals surface area contributed by atoms with Crippen LogP contribution in [0, 0.1) is 5.92 Å². The number of hydrogen-bond donors (Lipinski definition) is 1. The molecule has 0 bridgehead atoms. The predicted octanol–water partition coefficient (Wildman–Crippen LogP) is 4.53. The molecule has 0 aliphatic heterocycles. The van der Waals surface area contributed by atoms with Crippen LogP contribution in [0.1, 0.15) is 49.1 Å². The summed E-state index contributed by atoms with van der Waals surface area (Å²) in [6, 6.07) is 16.5. The van der Waals surface area contributed by atoms with E-state index in [1.165, 1.54) is 11.1 Å². The van der Waals surface area contributed by atoms with Crippen LogP contribution in [0.25, 0.3) is 0 Å². The molecule has 0 aliphatic carbocycles. The lowest BCUT2D eigenvalue weighted by atomic mass is 9.93. The van der Waals surface area contributed by atoms with Gasteiger partial charge in [0.05, 0.1) is 0 Å². The van der Waals surface area contributed by atoms with E-state index in [1.54, 1.807) is 0 Å². The van der Waals surface area contributed by atoms with E-state index in [-0.39, 0.29) is 0 Å². The van der Waals surface area contributed by atoms with Crippen molar-refractivity contribution >= 4 is 0 Å². The van der Waals surface area contributed by atoms with Crippen molar-refractivity contribution in [2.75, 3.05) is 0 Å². The topological polar surface area (TPSA) is 20.2 Å². The van der Waals surface area contributed by atoms with Crippen LogP contribution >= 0.6 is 0 Å². The van der Waals surface area contributed by atoms with Gasteiger partial charge in [0.1, 0.15) is 6.10 Å². The maximum absolute atomic E-state index is 10.7. The van der Waals surface area contributed by atoms with Crippen LogP contribution in [-0.4, -0.2) is 5.11 Å². The Hall–Kier alpha value is -1.60. The summed E-state index contributed by atoms with van der Waals surface area (Å²) in [6.45, 7) is 6.56. The van der Waals surface area contributed by atoms with E-state index in [9.17, 15) is 5.11 Å². The first kappa shape index (κ1) is 14.8. The molecule has 0 fully saturated rings. The summed E-state index contributed by atoms with van der Waals surface area (Å²) in [4.78, 5) is 0. The first-order chi connectivity index (χ1) is 9.61. The fourth-order valence-corrected chi connectivity index (χ4v) is 2.66. The number of aryl methyl sites for hydroxylation is 1. The van der Waals surface area contributed by atoms with Crippen molar-refractivity contribution in [3.63, 3.8) is 0 Å². The van der Waals surface area contributed by atoms with Crippen molar-refractivity contribution in [2.24, 2.45) is 5.92 Å². The lowest BCUT2D eigenvalue weighted by Gasteiger charge is -2.16. The molecule has 1 unspecified atom stereocenters. The summed E-state index contributed by atoms with van der Waals surface area (Å²) in [6.07, 6.45) is 1.47. The van der Waals surface area contributed by atoms with Crippen molar-refractivity contribution < 1.29 is 5.11 Å². The van der Waals surface area contributed by atoms with Gasteiger partial charge in [-0.15, -0.1) is 0 Å². The molecule has 0 saturated heterocycles. The highest BCUT2D eigenvalue weighted by atomic mass is 16.3. The van der Waals surface area contributed by atoms with E-state index < -0.39 is 6.10 Å². The SMILES string of the molecule is CCc1ccccc1C(O)c1cccc(CC(C)C)c1. The highest BCUT2D eigenvalue weighted by Crippen LogP contribution is 2.26. The normalized spacial score (nSPS) is 12.7. The van der Waals surface area contributed by atoms with Gasteiger partial charge in [-0.1, -0.05) is 69.3 Å². The molecule has 0 heterocycles. The van der Waals surface area contributed by atoms with E-state index in [1.807, 2.05) is 30.3 Å². The number of aliphatic hydroxyl groups is 1. The lowest BCUT2D eigenvalue weighted by Crippen LogP contribution is -2.04. The molecule has 2 aromatic rings. The van der Waals surface area contributed by atoms with E-state index in [2.05, 4.69) is 39.0 Å². The molecule has 1 atom stereocenters. The van der Waals surface area contributed by atoms with E-state index in [0.29, 0.717) is 5.92 Å². The second-order valence-electron chi connectivity index (χ2n) is 5.80. The van der Waals surface area contributed by atoms with Crippen LogP contribution in [0.3, 0.4) is 0 Å². The largest absolute Gasteiger partial charge is 0.384 e. The van der Waals surface area contributed by atoms with Gasteiger partial charge in [-0.2, -0.15) is 0 Å². The summed E-state index contributed by atoms with van der Waals surface area (Å²) in [7, 11) is 0. The first-order valence-corrected chi connectivity index (χ1v) is 7.46. The average molecular weight is 268 g/mol. The first-order valence-electron chi connectivity index (χ1n) is 7.46. The third kappa shape index (κ3) is 3.49. The van der Waals surface area contributed by atoms with Gasteiger partial charge in [-0.3, -0.25) is 0 Å². The van der Waals surface area contributed by atoms with Crippen molar-refractivity contribution in [1.82, 2.24) is 0 Å². The molecular weight excluding hydrogens is 244 g/mol. The summed E-state index contributed by atoms with van der Waals surface area (Å²) < 4.78 is 0. The minimum atomic E-state index is -0.529. The van der Waals surface area contributed by atoms with Gasteiger partial charge in [0.15, 0.2) is 0 Å². The second-order valence-corrected chi connectivity index (χ2v) is 5.80. The monoisotopic (exact) mass is 268 g/mol. The fraction of sp³-hybridized carbons (Fsp3) is 0.368. The van der Waals surface area contributed by atoms with E-state index >= 15 is 0 Å². The highest BCUT2D eigenvalue weighted by Gasteiger charge is 2.13. The quantitative estimate of drug-likeness (QED) is 0.844. The van der Waals surface area contributed by atoms with Gasteiger partial charge in [0, 0.05) is 0 Å². The Morgan fingerprint density at radius 2 is 1.75 bits per heavy atom. The van der Waals surface area contributed by atoms with Crippen LogP contribution in [0.4, 0.5) is 0 Å². The zero-order valence-corrected chi connectivity index (χ0v) is 12.6. The standard InChI is InChI=1S/C19H24O/c1-4-16-9-5-6-11-18(16)19(20)17-10-7-8-15(13-17)12-14(2)3/h5-11,13-14,19-20H,4,12H2,1-3H3. The van der Waals surface area contributed by atoms with Gasteiger partial charge in [0.25, 0.3) is 0 Å². The zero-order chi connectivity index (χ0) is 14.5. The molecule has 0 spiro atoms. The molecule has 0 radical (unpaired) electrons. The summed E-state index contributed by atoms with van der Waals surface area (Å²) in [5.74, 6) is 0.630. The minimum absolute atomic E-state index is 0.529. The molecule has 0 saturated carbocycles. The van der Waals surface area contributed by atoms with Crippen LogP contribution in [-0.2, 0) is 12.8 Å². The van der Waals surface area contributed by atoms with Crippen molar-refractivity contribution in [3.8, 4) is 0 Å². The molecule has 0 amide bonds. The van der Waals surface area contributed by atoms with E-state index in [4.69, 9.17) is 0 Å². The van der Waals surface area contributed by atoms with Gasteiger partial charge < -0.3 is 5.11 Å². The molecule has 2 aromatic carbocycles. The van der Waals surface area contributed by atoms with Gasteiger partial charge in [0.2, 0.25) is 0 Å². The fourth-order valence-electron chi connectivity index (χ4n) is 2.66. The van der Waals surface area contributed by atoms with Crippen molar-refractivity contribution in [2.45, 2.75) is 39.7 Å². The maximum atomic E-state index is 10.7. The number of aliphatic hydroxyl groups excluding tert-OH is 1. The third-order valence-corrected chi connectivity index (χ3v) is 3.64. The van der Waals surface area contributed by atoms with Gasteiger partial charge in [-0.25, -0.2) is 0 Å². The molecule has 1 N–H and O–H groups in total. The Morgan fingerprint density at radius 3 is 2.45 bits per heavy atom. The Kier molecular flexibility index (Phi) is 4.97. The lowest BCUT2D eigenvalue weighted by molar-refractivity contribution is 0.219. The molecule has 1 heteroatoms. The van der Waals surface area contributed by atoms with Crippen LogP contribution in [0.5, 0.6) is 0 Å². The van der Waals surface area contributed by atoms with Crippen LogP contribution in [0.15, 0.2) is 48.5 Å². The smallest absolute Gasteiger partial charge is 0.104 e. The molecule has 1 nitrogen and oxygen atoms in total. The molecule has 0 aliphatic rings. The number of hydrogen-bond acceptors (Lipinski definition) is 1. The Labute approximate surface area is 122 Å². The third-order valence-electron chi connectivity index (χ3n) is 3.64. The molecule has 106 valence electrons. The van der Waals surface area contributed by atoms with Crippen LogP contribution < -0.4 is 0 Å². The number of rotatable bonds is 5. The molecule has 0 aromatic heterocycles. The van der Waals surface area contributed by atoms with E-state index in [0.717, 1.165) is 24.0 Å². The van der Waals surface area contributed by atoms with Crippen molar-refractivity contribution in [1.29, 1.82) is 0 Å². The second kappa shape index (κ2) is 6.71. The van der Waals surface area contributed by atoms with Gasteiger partial charge in [-0.05, 0) is 41.0 Å². The summed E-state index contributed by atoms with van der Waals surface area (Å²) >= 11 is 0. The van der Waals surface area contributed by atoms with Crippen molar-refractivity contribution in [3.05, 3.63) is 70.8 Å². The zero-order valence-electron chi connectivity index (χ0n) is 12.6. The molecule has 2 rings (SSSR count). The van der Waals surface area contributed by atoms with Gasteiger partial charge >= 0.3 is 0 Å². The minimum Gasteiger partial charge on any atom is -0.384 e.